The summed E-state index contributed by atoms with van der Waals surface area (Å²) in [6.45, 7) is 1.93. The average Bonchev–Trinajstić information content (AvgIpc) is 3.28. The van der Waals surface area contributed by atoms with E-state index in [4.69, 9.17) is 16.6 Å². The zero-order valence-electron chi connectivity index (χ0n) is 15.2. The number of rotatable bonds is 4. The van der Waals surface area contributed by atoms with Gasteiger partial charge in [-0.25, -0.2) is 0 Å². The summed E-state index contributed by atoms with van der Waals surface area (Å²) in [5.41, 5.74) is 2.29. The van der Waals surface area contributed by atoms with E-state index in [1.807, 2.05) is 31.2 Å². The summed E-state index contributed by atoms with van der Waals surface area (Å²) in [4.78, 5) is 25.4. The molecule has 144 valence electrons. The van der Waals surface area contributed by atoms with Crippen LogP contribution in [-0.2, 0) is 4.79 Å². The molecule has 1 saturated heterocycles. The van der Waals surface area contributed by atoms with E-state index in [9.17, 15) is 14.9 Å². The summed E-state index contributed by atoms with van der Waals surface area (Å²) in [5.74, 6) is 0.744. The Labute approximate surface area is 176 Å². The lowest BCUT2D eigenvalue weighted by Crippen LogP contribution is -2.28. The predicted octanol–water partition coefficient (Wildman–Crippen LogP) is 5.57. The molecular weight excluding hydrogens is 408 g/mol. The SMILES string of the molecule is Cc1ccccc1N1C(=O)/C(=C\c2ccc(-c3cccc([N+](=O)[O-])c3)o2)SC1=S. The quantitative estimate of drug-likeness (QED) is 0.237. The number of non-ortho nitro benzene ring substituents is 1. The van der Waals surface area contributed by atoms with Crippen molar-refractivity contribution in [1.82, 2.24) is 0 Å². The number of thioether (sulfide) groups is 1. The molecule has 6 nitrogen and oxygen atoms in total. The van der Waals surface area contributed by atoms with Crippen LogP contribution in [0, 0.1) is 17.0 Å². The van der Waals surface area contributed by atoms with E-state index in [0.29, 0.717) is 26.3 Å². The van der Waals surface area contributed by atoms with Crippen molar-refractivity contribution < 1.29 is 14.1 Å². The van der Waals surface area contributed by atoms with E-state index in [2.05, 4.69) is 0 Å². The van der Waals surface area contributed by atoms with Crippen molar-refractivity contribution in [3.8, 4) is 11.3 Å². The van der Waals surface area contributed by atoms with Gasteiger partial charge in [0.2, 0.25) is 0 Å². The van der Waals surface area contributed by atoms with E-state index >= 15 is 0 Å². The first-order valence-corrected chi connectivity index (χ1v) is 9.85. The van der Waals surface area contributed by atoms with Crippen molar-refractivity contribution in [3.63, 3.8) is 0 Å². The molecule has 0 aliphatic carbocycles. The third-order valence-corrected chi connectivity index (χ3v) is 5.69. The first-order valence-electron chi connectivity index (χ1n) is 8.62. The van der Waals surface area contributed by atoms with Crippen LogP contribution in [-0.4, -0.2) is 15.2 Å². The number of para-hydroxylation sites is 1. The van der Waals surface area contributed by atoms with Gasteiger partial charge in [-0.05, 0) is 30.7 Å². The van der Waals surface area contributed by atoms with Crippen LogP contribution < -0.4 is 4.90 Å². The largest absolute Gasteiger partial charge is 0.457 e. The van der Waals surface area contributed by atoms with Gasteiger partial charge >= 0.3 is 0 Å². The van der Waals surface area contributed by atoms with Crippen molar-refractivity contribution in [2.45, 2.75) is 6.92 Å². The number of benzene rings is 2. The van der Waals surface area contributed by atoms with Crippen LogP contribution in [0.5, 0.6) is 0 Å². The molecule has 0 radical (unpaired) electrons. The molecule has 1 fully saturated rings. The highest BCUT2D eigenvalue weighted by Gasteiger charge is 2.34. The Morgan fingerprint density at radius 1 is 1.14 bits per heavy atom. The lowest BCUT2D eigenvalue weighted by Gasteiger charge is -2.16. The van der Waals surface area contributed by atoms with E-state index in [-0.39, 0.29) is 11.6 Å². The number of hydrogen-bond donors (Lipinski definition) is 0. The summed E-state index contributed by atoms with van der Waals surface area (Å²) in [6, 6.07) is 17.2. The normalized spacial score (nSPS) is 15.3. The fourth-order valence-electron chi connectivity index (χ4n) is 2.98. The molecule has 4 rings (SSSR count). The Morgan fingerprint density at radius 2 is 1.93 bits per heavy atom. The molecule has 0 unspecified atom stereocenters. The predicted molar refractivity (Wildman–Crippen MR) is 118 cm³/mol. The van der Waals surface area contributed by atoms with Gasteiger partial charge in [0, 0.05) is 23.8 Å². The summed E-state index contributed by atoms with van der Waals surface area (Å²) in [6.07, 6.45) is 1.64. The van der Waals surface area contributed by atoms with Gasteiger partial charge in [0.25, 0.3) is 11.6 Å². The second-order valence-corrected chi connectivity index (χ2v) is 7.99. The summed E-state index contributed by atoms with van der Waals surface area (Å²) in [7, 11) is 0. The fourth-order valence-corrected chi connectivity index (χ4v) is 4.24. The Balaban J connectivity index is 1.62. The first kappa shape index (κ1) is 19.1. The summed E-state index contributed by atoms with van der Waals surface area (Å²) < 4.78 is 6.25. The van der Waals surface area contributed by atoms with Gasteiger partial charge in [-0.2, -0.15) is 0 Å². The number of carbonyl (C=O) groups excluding carboxylic acids is 1. The molecule has 8 heteroatoms. The number of nitrogens with zero attached hydrogens (tertiary/aromatic N) is 2. The minimum atomic E-state index is -0.454. The van der Waals surface area contributed by atoms with Crippen molar-refractivity contribution >= 4 is 51.7 Å². The minimum Gasteiger partial charge on any atom is -0.457 e. The maximum Gasteiger partial charge on any atom is 0.270 e. The van der Waals surface area contributed by atoms with E-state index in [1.54, 1.807) is 30.3 Å². The Kier molecular flexibility index (Phi) is 5.04. The zero-order chi connectivity index (χ0) is 20.5. The van der Waals surface area contributed by atoms with E-state index in [1.165, 1.54) is 28.8 Å². The Hall–Kier alpha value is -3.23. The number of nitro groups is 1. The van der Waals surface area contributed by atoms with Crippen LogP contribution in [0.4, 0.5) is 11.4 Å². The van der Waals surface area contributed by atoms with Crippen molar-refractivity contribution in [2.75, 3.05) is 4.90 Å². The number of nitro benzene ring substituents is 1. The highest BCUT2D eigenvalue weighted by atomic mass is 32.2. The van der Waals surface area contributed by atoms with Gasteiger partial charge in [-0.3, -0.25) is 19.8 Å². The molecule has 0 saturated carbocycles. The van der Waals surface area contributed by atoms with E-state index in [0.717, 1.165) is 11.3 Å². The molecule has 0 atom stereocenters. The van der Waals surface area contributed by atoms with Crippen LogP contribution >= 0.6 is 24.0 Å². The van der Waals surface area contributed by atoms with Crippen LogP contribution in [0.25, 0.3) is 17.4 Å². The zero-order valence-corrected chi connectivity index (χ0v) is 16.8. The second kappa shape index (κ2) is 7.65. The van der Waals surface area contributed by atoms with Crippen molar-refractivity contribution in [1.29, 1.82) is 0 Å². The molecule has 1 aromatic heterocycles. The smallest absolute Gasteiger partial charge is 0.270 e. The molecule has 2 heterocycles. The van der Waals surface area contributed by atoms with Gasteiger partial charge in [-0.15, -0.1) is 0 Å². The minimum absolute atomic E-state index is 0.0143. The fraction of sp³-hybridized carbons (Fsp3) is 0.0476. The molecule has 3 aromatic rings. The second-order valence-electron chi connectivity index (χ2n) is 6.31. The first-order chi connectivity index (χ1) is 13.9. The molecule has 0 spiro atoms. The van der Waals surface area contributed by atoms with E-state index < -0.39 is 4.92 Å². The lowest BCUT2D eigenvalue weighted by atomic mass is 10.1. The topological polar surface area (TPSA) is 76.6 Å². The standard InChI is InChI=1S/C21H14N2O4S2/c1-13-5-2-3-8-17(13)22-20(24)19(29-21(22)28)12-16-9-10-18(27-16)14-6-4-7-15(11-14)23(25)26/h2-12H,1H3/b19-12+. The Morgan fingerprint density at radius 3 is 2.69 bits per heavy atom. The van der Waals surface area contributed by atoms with Gasteiger partial charge < -0.3 is 4.42 Å². The van der Waals surface area contributed by atoms with Gasteiger partial charge in [0.05, 0.1) is 15.5 Å². The molecule has 29 heavy (non-hydrogen) atoms. The number of anilines is 1. The number of thiocarbonyl (C=S) groups is 1. The Bertz CT molecular complexity index is 1180. The molecule has 2 aromatic carbocycles. The van der Waals surface area contributed by atoms with Crippen LogP contribution in [0.1, 0.15) is 11.3 Å². The molecule has 0 bridgehead atoms. The highest BCUT2D eigenvalue weighted by Crippen LogP contribution is 2.37. The molecular formula is C21H14N2O4S2. The number of hydrogen-bond acceptors (Lipinski definition) is 6. The van der Waals surface area contributed by atoms with Gasteiger partial charge in [0.15, 0.2) is 4.32 Å². The third-order valence-electron chi connectivity index (χ3n) is 4.39. The lowest BCUT2D eigenvalue weighted by molar-refractivity contribution is -0.384. The van der Waals surface area contributed by atoms with Gasteiger partial charge in [0.1, 0.15) is 11.5 Å². The monoisotopic (exact) mass is 422 g/mol. The maximum atomic E-state index is 12.9. The molecule has 1 aliphatic rings. The highest BCUT2D eigenvalue weighted by molar-refractivity contribution is 8.27. The number of carbonyl (C=O) groups is 1. The molecule has 1 amide bonds. The van der Waals surface area contributed by atoms with Crippen LogP contribution in [0.15, 0.2) is 70.0 Å². The third kappa shape index (κ3) is 3.72. The summed E-state index contributed by atoms with van der Waals surface area (Å²) >= 11 is 6.62. The number of aryl methyl sites for hydroxylation is 1. The number of amides is 1. The van der Waals surface area contributed by atoms with Crippen molar-refractivity contribution in [2.24, 2.45) is 0 Å². The van der Waals surface area contributed by atoms with Crippen LogP contribution in [0.3, 0.4) is 0 Å². The molecule has 1 aliphatic heterocycles. The average molecular weight is 422 g/mol. The maximum absolute atomic E-state index is 12.9. The number of furan rings is 1. The van der Waals surface area contributed by atoms with Crippen LogP contribution in [0.2, 0.25) is 0 Å². The van der Waals surface area contributed by atoms with Crippen molar-refractivity contribution in [3.05, 3.63) is 87.0 Å². The summed E-state index contributed by atoms with van der Waals surface area (Å²) in [5, 5.41) is 11.0. The van der Waals surface area contributed by atoms with Gasteiger partial charge in [-0.1, -0.05) is 54.3 Å². The molecule has 0 N–H and O–H groups in total.